The van der Waals surface area contributed by atoms with Gasteiger partial charge in [0, 0.05) is 13.7 Å². The number of anilines is 1. The van der Waals surface area contributed by atoms with E-state index in [0.29, 0.717) is 6.61 Å². The van der Waals surface area contributed by atoms with Crippen molar-refractivity contribution in [2.24, 2.45) is 0 Å². The number of amides is 1. The molecule has 0 heterocycles. The molecule has 0 radical (unpaired) electrons. The highest BCUT2D eigenvalue weighted by Gasteiger charge is 2.26. The Labute approximate surface area is 122 Å². The molecule has 1 atom stereocenters. The Hall–Kier alpha value is -1.71. The van der Waals surface area contributed by atoms with E-state index in [-0.39, 0.29) is 12.2 Å². The third-order valence-electron chi connectivity index (χ3n) is 2.60. The molecule has 7 nitrogen and oxygen atoms in total. The van der Waals surface area contributed by atoms with E-state index >= 15 is 0 Å². The molecule has 0 saturated heterocycles. The van der Waals surface area contributed by atoms with Crippen LogP contribution < -0.4 is 15.8 Å². The van der Waals surface area contributed by atoms with E-state index < -0.39 is 32.7 Å². The van der Waals surface area contributed by atoms with Crippen LogP contribution in [0.15, 0.2) is 23.1 Å². The minimum absolute atomic E-state index is 0.227. The first-order valence-electron chi connectivity index (χ1n) is 6.12. The lowest BCUT2D eigenvalue weighted by molar-refractivity contribution is -0.122. The lowest BCUT2D eigenvalue weighted by atomic mass is 10.3. The average molecular weight is 319 g/mol. The molecule has 118 valence electrons. The van der Waals surface area contributed by atoms with Crippen molar-refractivity contribution in [2.45, 2.75) is 17.9 Å². The van der Waals surface area contributed by atoms with Crippen molar-refractivity contribution < 1.29 is 22.3 Å². The summed E-state index contributed by atoms with van der Waals surface area (Å²) in [4.78, 5) is 11.0. The molecule has 0 aliphatic heterocycles. The van der Waals surface area contributed by atoms with Gasteiger partial charge < -0.3 is 15.8 Å². The van der Waals surface area contributed by atoms with Crippen molar-refractivity contribution >= 4 is 21.6 Å². The maximum atomic E-state index is 13.6. The van der Waals surface area contributed by atoms with Gasteiger partial charge in [-0.3, -0.25) is 4.79 Å². The molecule has 1 unspecified atom stereocenters. The Morgan fingerprint density at radius 2 is 2.14 bits per heavy atom. The number of carbonyl (C=O) groups excluding carboxylic acids is 1. The van der Waals surface area contributed by atoms with Crippen molar-refractivity contribution in [3.8, 4) is 0 Å². The van der Waals surface area contributed by atoms with Crippen molar-refractivity contribution in [2.75, 3.05) is 26.0 Å². The summed E-state index contributed by atoms with van der Waals surface area (Å²) in [5, 5.41) is 2.47. The van der Waals surface area contributed by atoms with E-state index in [0.717, 1.165) is 6.07 Å². The summed E-state index contributed by atoms with van der Waals surface area (Å²) in [5.74, 6) is -1.53. The number of carbonyl (C=O) groups is 1. The number of nitrogen functional groups attached to an aromatic ring is 1. The number of hydrogen-bond acceptors (Lipinski definition) is 5. The van der Waals surface area contributed by atoms with E-state index in [1.54, 1.807) is 0 Å². The van der Waals surface area contributed by atoms with Crippen molar-refractivity contribution in [1.29, 1.82) is 0 Å². The highest BCUT2D eigenvalue weighted by molar-refractivity contribution is 7.89. The monoisotopic (exact) mass is 319 g/mol. The number of halogens is 1. The Morgan fingerprint density at radius 3 is 2.71 bits per heavy atom. The Bertz CT molecular complexity index is 586. The molecule has 1 amide bonds. The number of rotatable bonds is 7. The summed E-state index contributed by atoms with van der Waals surface area (Å²) in [7, 11) is -2.77. The zero-order valence-corrected chi connectivity index (χ0v) is 12.5. The smallest absolute Gasteiger partial charge is 0.246 e. The molecular weight excluding hydrogens is 301 g/mol. The Kier molecular flexibility index (Phi) is 6.06. The first-order valence-corrected chi connectivity index (χ1v) is 7.61. The zero-order valence-electron chi connectivity index (χ0n) is 11.7. The summed E-state index contributed by atoms with van der Waals surface area (Å²) >= 11 is 0. The summed E-state index contributed by atoms with van der Waals surface area (Å²) in [6, 6.07) is 2.46. The van der Waals surface area contributed by atoms with E-state index in [2.05, 4.69) is 10.0 Å². The highest BCUT2D eigenvalue weighted by atomic mass is 32.2. The van der Waals surface area contributed by atoms with E-state index in [9.17, 15) is 17.6 Å². The van der Waals surface area contributed by atoms with Crippen LogP contribution in [0.25, 0.3) is 0 Å². The summed E-state index contributed by atoms with van der Waals surface area (Å²) in [5.41, 5.74) is 5.25. The number of nitrogens with two attached hydrogens (primary N) is 1. The van der Waals surface area contributed by atoms with Gasteiger partial charge in [-0.2, -0.15) is 4.72 Å². The molecule has 4 N–H and O–H groups in total. The number of hydrogen-bond donors (Lipinski definition) is 3. The minimum Gasteiger partial charge on any atom is -0.398 e. The predicted molar refractivity (Wildman–Crippen MR) is 75.5 cm³/mol. The average Bonchev–Trinajstić information content (AvgIpc) is 2.37. The maximum absolute atomic E-state index is 13.6. The molecule has 0 fully saturated rings. The van der Waals surface area contributed by atoms with Gasteiger partial charge in [0.2, 0.25) is 15.9 Å². The summed E-state index contributed by atoms with van der Waals surface area (Å²) in [6.45, 7) is 1.88. The first kappa shape index (κ1) is 17.3. The van der Waals surface area contributed by atoms with Crippen LogP contribution in [0, 0.1) is 5.82 Å². The van der Waals surface area contributed by atoms with Crippen LogP contribution in [-0.4, -0.2) is 40.6 Å². The molecule has 0 aliphatic rings. The lowest BCUT2D eigenvalue weighted by Gasteiger charge is -2.15. The van der Waals surface area contributed by atoms with Gasteiger partial charge in [0.15, 0.2) is 0 Å². The normalized spacial score (nSPS) is 12.9. The van der Waals surface area contributed by atoms with E-state index in [1.165, 1.54) is 26.2 Å². The number of ether oxygens (including phenoxy) is 1. The van der Waals surface area contributed by atoms with Crippen molar-refractivity contribution in [3.63, 3.8) is 0 Å². The minimum atomic E-state index is -4.24. The van der Waals surface area contributed by atoms with Crippen LogP contribution in [0.2, 0.25) is 0 Å². The SMILES string of the molecule is COCCNC(=O)C(C)NS(=O)(=O)c1c(N)cccc1F. The van der Waals surface area contributed by atoms with E-state index in [4.69, 9.17) is 10.5 Å². The van der Waals surface area contributed by atoms with Crippen molar-refractivity contribution in [3.05, 3.63) is 24.0 Å². The van der Waals surface area contributed by atoms with E-state index in [1.807, 2.05) is 0 Å². The first-order chi connectivity index (χ1) is 9.79. The second-order valence-corrected chi connectivity index (χ2v) is 5.94. The molecular formula is C12H18FN3O4S. The van der Waals surface area contributed by atoms with Gasteiger partial charge in [0.25, 0.3) is 0 Å². The van der Waals surface area contributed by atoms with Gasteiger partial charge in [-0.25, -0.2) is 12.8 Å². The maximum Gasteiger partial charge on any atom is 0.246 e. The fourth-order valence-corrected chi connectivity index (χ4v) is 2.98. The molecule has 1 rings (SSSR count). The predicted octanol–water partition coefficient (Wildman–Crippen LogP) is -0.163. The second-order valence-electron chi connectivity index (χ2n) is 4.28. The molecule has 0 spiro atoms. The van der Waals surface area contributed by atoms with Crippen LogP contribution in [0.5, 0.6) is 0 Å². The molecule has 0 bridgehead atoms. The van der Waals surface area contributed by atoms with Crippen LogP contribution in [0.1, 0.15) is 6.92 Å². The number of benzene rings is 1. The largest absolute Gasteiger partial charge is 0.398 e. The molecule has 9 heteroatoms. The quantitative estimate of drug-likeness (QED) is 0.478. The Balaban J connectivity index is 2.83. The van der Waals surface area contributed by atoms with Gasteiger partial charge in [0.05, 0.1) is 18.3 Å². The number of nitrogens with one attached hydrogen (secondary N) is 2. The third kappa shape index (κ3) is 4.66. The molecule has 0 saturated carbocycles. The van der Waals surface area contributed by atoms with Crippen LogP contribution >= 0.6 is 0 Å². The zero-order chi connectivity index (χ0) is 16.0. The summed E-state index contributed by atoms with van der Waals surface area (Å²) in [6.07, 6.45) is 0. The van der Waals surface area contributed by atoms with Crippen LogP contribution in [-0.2, 0) is 19.6 Å². The Morgan fingerprint density at radius 1 is 1.48 bits per heavy atom. The molecule has 0 aliphatic carbocycles. The molecule has 0 aromatic heterocycles. The lowest BCUT2D eigenvalue weighted by Crippen LogP contribution is -2.45. The molecule has 1 aromatic rings. The molecule has 21 heavy (non-hydrogen) atoms. The van der Waals surface area contributed by atoms with Gasteiger partial charge in [-0.05, 0) is 19.1 Å². The van der Waals surface area contributed by atoms with Gasteiger partial charge in [-0.15, -0.1) is 0 Å². The second kappa shape index (κ2) is 7.34. The third-order valence-corrected chi connectivity index (χ3v) is 4.23. The van der Waals surface area contributed by atoms with Crippen LogP contribution in [0.3, 0.4) is 0 Å². The number of methoxy groups -OCH3 is 1. The van der Waals surface area contributed by atoms with Gasteiger partial charge >= 0.3 is 0 Å². The summed E-state index contributed by atoms with van der Waals surface area (Å²) < 4.78 is 44.6. The fourth-order valence-electron chi connectivity index (χ4n) is 1.58. The standard InChI is InChI=1S/C12H18FN3O4S/c1-8(12(17)15-6-7-20-2)16-21(18,19)11-9(13)4-3-5-10(11)14/h3-5,8,16H,6-7,14H2,1-2H3,(H,15,17). The highest BCUT2D eigenvalue weighted by Crippen LogP contribution is 2.21. The number of sulfonamides is 1. The van der Waals surface area contributed by atoms with Gasteiger partial charge in [-0.1, -0.05) is 6.07 Å². The fraction of sp³-hybridized carbons (Fsp3) is 0.417. The topological polar surface area (TPSA) is 111 Å². The van der Waals surface area contributed by atoms with Crippen molar-refractivity contribution in [1.82, 2.24) is 10.0 Å². The molecule has 1 aromatic carbocycles. The van der Waals surface area contributed by atoms with Crippen LogP contribution in [0.4, 0.5) is 10.1 Å². The van der Waals surface area contributed by atoms with Gasteiger partial charge in [0.1, 0.15) is 10.7 Å².